The smallest absolute Gasteiger partial charge is 0.264 e. The molecule has 0 radical (unpaired) electrons. The topological polar surface area (TPSA) is 29.0 Å². The van der Waals surface area contributed by atoms with Gasteiger partial charge in [-0.1, -0.05) is 30.3 Å². The highest BCUT2D eigenvalue weighted by Gasteiger charge is 2.21. The Hall–Kier alpha value is -2.56. The number of rotatable bonds is 3. The van der Waals surface area contributed by atoms with Crippen LogP contribution in [0.4, 0.5) is 14.6 Å². The summed E-state index contributed by atoms with van der Waals surface area (Å²) in [5.41, 5.74) is 2.27. The van der Waals surface area contributed by atoms with Crippen LogP contribution in [0.3, 0.4) is 0 Å². The van der Waals surface area contributed by atoms with Gasteiger partial charge in [-0.2, -0.15) is 0 Å². The number of benzene rings is 2. The van der Waals surface area contributed by atoms with Crippen LogP contribution in [0.1, 0.15) is 30.4 Å². The van der Waals surface area contributed by atoms with E-state index in [1.54, 1.807) is 18.2 Å². The van der Waals surface area contributed by atoms with Gasteiger partial charge in [0, 0.05) is 29.6 Å². The minimum absolute atomic E-state index is 0.0260. The molecule has 4 rings (SSSR count). The lowest BCUT2D eigenvalue weighted by Crippen LogP contribution is -2.20. The third-order valence-corrected chi connectivity index (χ3v) is 4.67. The number of anilines is 1. The molecule has 0 bridgehead atoms. The van der Waals surface area contributed by atoms with Gasteiger partial charge in [0.15, 0.2) is 5.82 Å². The van der Waals surface area contributed by atoms with E-state index in [0.29, 0.717) is 11.4 Å². The van der Waals surface area contributed by atoms with Crippen molar-refractivity contribution >= 4 is 16.7 Å². The van der Waals surface area contributed by atoms with Gasteiger partial charge in [0.2, 0.25) is 0 Å². The highest BCUT2D eigenvalue weighted by molar-refractivity contribution is 5.91. The molecule has 25 heavy (non-hydrogen) atoms. The Bertz CT molecular complexity index is 918. The van der Waals surface area contributed by atoms with Crippen LogP contribution in [0, 0.1) is 6.92 Å². The summed E-state index contributed by atoms with van der Waals surface area (Å²) in [5.74, 6) is 1.22. The van der Waals surface area contributed by atoms with E-state index in [0.717, 1.165) is 48.2 Å². The Morgan fingerprint density at radius 3 is 2.52 bits per heavy atom. The zero-order valence-corrected chi connectivity index (χ0v) is 14.0. The second-order valence-electron chi connectivity index (χ2n) is 6.47. The first kappa shape index (κ1) is 15.9. The highest BCUT2D eigenvalue weighted by Crippen LogP contribution is 2.33. The number of hydrogen-bond donors (Lipinski definition) is 0. The molecule has 1 aromatic heterocycles. The molecule has 3 nitrogen and oxygen atoms in total. The predicted octanol–water partition coefficient (Wildman–Crippen LogP) is 5.14. The van der Waals surface area contributed by atoms with Gasteiger partial charge in [-0.3, -0.25) is 0 Å². The predicted molar refractivity (Wildman–Crippen MR) is 96.1 cm³/mol. The Kier molecular flexibility index (Phi) is 4.07. The average Bonchev–Trinajstić information content (AvgIpc) is 3.15. The number of halogens is 2. The SMILES string of the molecule is Cc1ccc2c(N3CCCC3)nc(-c3ccccc3C(F)F)nc2c1. The first-order valence-corrected chi connectivity index (χ1v) is 8.54. The van der Waals surface area contributed by atoms with E-state index in [-0.39, 0.29) is 5.56 Å². The van der Waals surface area contributed by atoms with E-state index in [2.05, 4.69) is 9.88 Å². The third kappa shape index (κ3) is 2.95. The molecule has 0 aliphatic carbocycles. The van der Waals surface area contributed by atoms with Crippen molar-refractivity contribution in [3.8, 4) is 11.4 Å². The molecular weight excluding hydrogens is 320 g/mol. The second-order valence-corrected chi connectivity index (χ2v) is 6.47. The number of alkyl halides is 2. The largest absolute Gasteiger partial charge is 0.356 e. The summed E-state index contributed by atoms with van der Waals surface area (Å²) in [7, 11) is 0. The standard InChI is InChI=1S/C20H19F2N3/c1-13-8-9-16-17(12-13)23-19(24-20(16)25-10-4-5-11-25)15-7-3-2-6-14(15)18(21)22/h2-3,6-9,12,18H,4-5,10-11H2,1H3. The molecule has 0 saturated carbocycles. The third-order valence-electron chi connectivity index (χ3n) is 4.67. The van der Waals surface area contributed by atoms with Gasteiger partial charge in [0.05, 0.1) is 5.52 Å². The molecule has 0 spiro atoms. The highest BCUT2D eigenvalue weighted by atomic mass is 19.3. The zero-order chi connectivity index (χ0) is 17.4. The molecule has 2 heterocycles. The zero-order valence-electron chi connectivity index (χ0n) is 14.0. The van der Waals surface area contributed by atoms with Crippen LogP contribution < -0.4 is 4.90 Å². The van der Waals surface area contributed by atoms with Crippen molar-refractivity contribution in [3.05, 3.63) is 53.6 Å². The number of fused-ring (bicyclic) bond motifs is 1. The van der Waals surface area contributed by atoms with Crippen LogP contribution in [-0.4, -0.2) is 23.1 Å². The maximum Gasteiger partial charge on any atom is 0.264 e. The van der Waals surface area contributed by atoms with Crippen molar-refractivity contribution in [1.82, 2.24) is 9.97 Å². The van der Waals surface area contributed by atoms with E-state index in [1.807, 2.05) is 25.1 Å². The summed E-state index contributed by atoms with van der Waals surface area (Å²) in [6, 6.07) is 12.5. The van der Waals surface area contributed by atoms with Gasteiger partial charge in [0.1, 0.15) is 5.82 Å². The van der Waals surface area contributed by atoms with Crippen LogP contribution in [0.5, 0.6) is 0 Å². The molecule has 1 saturated heterocycles. The molecule has 0 amide bonds. The van der Waals surface area contributed by atoms with Gasteiger partial charge in [-0.15, -0.1) is 0 Å². The number of aromatic nitrogens is 2. The molecule has 1 fully saturated rings. The van der Waals surface area contributed by atoms with Gasteiger partial charge in [0.25, 0.3) is 6.43 Å². The molecule has 128 valence electrons. The van der Waals surface area contributed by atoms with Gasteiger partial charge < -0.3 is 4.90 Å². The summed E-state index contributed by atoms with van der Waals surface area (Å²) in [6.07, 6.45) is -0.302. The molecule has 0 unspecified atom stereocenters. The van der Waals surface area contributed by atoms with Crippen LogP contribution in [-0.2, 0) is 0 Å². The van der Waals surface area contributed by atoms with E-state index >= 15 is 0 Å². The van der Waals surface area contributed by atoms with Crippen molar-refractivity contribution < 1.29 is 8.78 Å². The lowest BCUT2D eigenvalue weighted by molar-refractivity contribution is 0.152. The quantitative estimate of drug-likeness (QED) is 0.661. The van der Waals surface area contributed by atoms with Crippen molar-refractivity contribution in [1.29, 1.82) is 0 Å². The van der Waals surface area contributed by atoms with Crippen molar-refractivity contribution in [2.75, 3.05) is 18.0 Å². The summed E-state index contributed by atoms with van der Waals surface area (Å²) in [5, 5.41) is 0.978. The molecule has 3 aromatic rings. The number of hydrogen-bond acceptors (Lipinski definition) is 3. The van der Waals surface area contributed by atoms with Crippen LogP contribution in [0.15, 0.2) is 42.5 Å². The molecule has 5 heteroatoms. The van der Waals surface area contributed by atoms with Crippen LogP contribution >= 0.6 is 0 Å². The van der Waals surface area contributed by atoms with Gasteiger partial charge in [-0.05, 0) is 37.5 Å². The van der Waals surface area contributed by atoms with E-state index in [4.69, 9.17) is 4.98 Å². The Morgan fingerprint density at radius 1 is 1.00 bits per heavy atom. The number of aryl methyl sites for hydroxylation is 1. The maximum absolute atomic E-state index is 13.4. The fourth-order valence-electron chi connectivity index (χ4n) is 3.40. The van der Waals surface area contributed by atoms with Gasteiger partial charge in [-0.25, -0.2) is 18.7 Å². The van der Waals surface area contributed by atoms with Crippen LogP contribution in [0.25, 0.3) is 22.3 Å². The first-order valence-electron chi connectivity index (χ1n) is 8.54. The van der Waals surface area contributed by atoms with Crippen molar-refractivity contribution in [2.45, 2.75) is 26.2 Å². The van der Waals surface area contributed by atoms with Crippen LogP contribution in [0.2, 0.25) is 0 Å². The molecule has 1 aliphatic rings. The molecule has 0 atom stereocenters. The summed E-state index contributed by atoms with van der Waals surface area (Å²) < 4.78 is 26.9. The van der Waals surface area contributed by atoms with E-state index < -0.39 is 6.43 Å². The summed E-state index contributed by atoms with van der Waals surface area (Å²) in [6.45, 7) is 3.88. The van der Waals surface area contributed by atoms with E-state index in [1.165, 1.54) is 6.07 Å². The number of nitrogens with zero attached hydrogens (tertiary/aromatic N) is 3. The minimum atomic E-state index is -2.55. The minimum Gasteiger partial charge on any atom is -0.356 e. The Labute approximate surface area is 145 Å². The van der Waals surface area contributed by atoms with Gasteiger partial charge >= 0.3 is 0 Å². The van der Waals surface area contributed by atoms with E-state index in [9.17, 15) is 8.78 Å². The lowest BCUT2D eigenvalue weighted by atomic mass is 10.1. The monoisotopic (exact) mass is 339 g/mol. The molecular formula is C20H19F2N3. The molecule has 2 aromatic carbocycles. The summed E-state index contributed by atoms with van der Waals surface area (Å²) >= 11 is 0. The average molecular weight is 339 g/mol. The normalized spacial score (nSPS) is 14.6. The summed E-state index contributed by atoms with van der Waals surface area (Å²) in [4.78, 5) is 11.5. The van der Waals surface area contributed by atoms with Crippen molar-refractivity contribution in [2.24, 2.45) is 0 Å². The second kappa shape index (κ2) is 6.39. The Balaban J connectivity index is 1.96. The fourth-order valence-corrected chi connectivity index (χ4v) is 3.40. The Morgan fingerprint density at radius 2 is 1.76 bits per heavy atom. The maximum atomic E-state index is 13.4. The fraction of sp³-hybridized carbons (Fsp3) is 0.300. The first-order chi connectivity index (χ1) is 12.1. The van der Waals surface area contributed by atoms with Crippen molar-refractivity contribution in [3.63, 3.8) is 0 Å². The molecule has 0 N–H and O–H groups in total. The lowest BCUT2D eigenvalue weighted by Gasteiger charge is -2.20. The molecule has 1 aliphatic heterocycles.